The Hall–Kier alpha value is -1.63. The Morgan fingerprint density at radius 3 is 2.94 bits per heavy atom. The van der Waals surface area contributed by atoms with E-state index in [0.29, 0.717) is 18.2 Å². The minimum atomic E-state index is -0.412. The van der Waals surface area contributed by atoms with Gasteiger partial charge in [-0.15, -0.1) is 11.3 Å². The first-order valence-corrected chi connectivity index (χ1v) is 5.76. The van der Waals surface area contributed by atoms with Gasteiger partial charge >= 0.3 is 5.69 Å². The maximum absolute atomic E-state index is 11.5. The van der Waals surface area contributed by atoms with Gasteiger partial charge in [0.05, 0.1) is 18.1 Å². The van der Waals surface area contributed by atoms with Crippen LogP contribution in [-0.4, -0.2) is 35.5 Å². The Bertz CT molecular complexity index is 431. The summed E-state index contributed by atoms with van der Waals surface area (Å²) in [6, 6.07) is 1.47. The number of hydrogen-bond donors (Lipinski definition) is 0. The number of anilines is 1. The number of amides is 1. The van der Waals surface area contributed by atoms with E-state index in [4.69, 9.17) is 0 Å². The molecule has 0 unspecified atom stereocenters. The fraction of sp³-hybridized carbons (Fsp3) is 0.444. The van der Waals surface area contributed by atoms with Crippen LogP contribution in [0.15, 0.2) is 11.4 Å². The Kier molecular flexibility index (Phi) is 2.78. The molecular weight excluding hydrogens is 230 g/mol. The molecule has 0 N–H and O–H groups in total. The van der Waals surface area contributed by atoms with Gasteiger partial charge in [-0.3, -0.25) is 14.9 Å². The van der Waals surface area contributed by atoms with Crippen LogP contribution < -0.4 is 4.90 Å². The quantitative estimate of drug-likeness (QED) is 0.590. The molecule has 0 radical (unpaired) electrons. The van der Waals surface area contributed by atoms with E-state index in [1.165, 1.54) is 17.4 Å². The number of nitrogens with zero attached hydrogens (tertiary/aromatic N) is 3. The van der Waals surface area contributed by atoms with Gasteiger partial charge in [0.1, 0.15) is 0 Å². The molecule has 86 valence electrons. The largest absolute Gasteiger partial charge is 0.331 e. The molecule has 1 saturated heterocycles. The van der Waals surface area contributed by atoms with Gasteiger partial charge in [0, 0.05) is 12.6 Å². The molecule has 6 nitrogen and oxygen atoms in total. The first-order chi connectivity index (χ1) is 7.63. The summed E-state index contributed by atoms with van der Waals surface area (Å²) in [5.74, 6) is 0.0187. The molecule has 7 heteroatoms. The van der Waals surface area contributed by atoms with E-state index in [1.54, 1.807) is 15.2 Å². The number of thiophene rings is 1. The highest BCUT2D eigenvalue weighted by molar-refractivity contribution is 7.14. The van der Waals surface area contributed by atoms with Crippen molar-refractivity contribution in [1.82, 2.24) is 4.90 Å². The highest BCUT2D eigenvalue weighted by Crippen LogP contribution is 2.35. The maximum atomic E-state index is 11.5. The maximum Gasteiger partial charge on any atom is 0.303 e. The monoisotopic (exact) mass is 241 g/mol. The van der Waals surface area contributed by atoms with Crippen LogP contribution in [0.4, 0.5) is 10.7 Å². The third-order valence-electron chi connectivity index (χ3n) is 2.51. The minimum Gasteiger partial charge on any atom is -0.331 e. The molecule has 16 heavy (non-hydrogen) atoms. The van der Waals surface area contributed by atoms with Crippen molar-refractivity contribution in [1.29, 1.82) is 0 Å². The molecule has 0 spiro atoms. The van der Waals surface area contributed by atoms with Crippen LogP contribution in [0.3, 0.4) is 0 Å². The topological polar surface area (TPSA) is 66.7 Å². The van der Waals surface area contributed by atoms with Crippen LogP contribution in [0.1, 0.15) is 6.92 Å². The number of likely N-dealkylation sites (N-methyl/N-ethyl adjacent to an activating group) is 1. The number of nitro groups is 1. The van der Waals surface area contributed by atoms with Gasteiger partial charge in [-0.2, -0.15) is 0 Å². The predicted molar refractivity (Wildman–Crippen MR) is 60.6 cm³/mol. The van der Waals surface area contributed by atoms with Crippen molar-refractivity contribution in [2.24, 2.45) is 0 Å². The van der Waals surface area contributed by atoms with Crippen LogP contribution in [0, 0.1) is 10.1 Å². The zero-order chi connectivity index (χ0) is 11.7. The van der Waals surface area contributed by atoms with E-state index in [1.807, 2.05) is 6.92 Å². The lowest BCUT2D eigenvalue weighted by Gasteiger charge is -2.15. The van der Waals surface area contributed by atoms with Gasteiger partial charge in [-0.1, -0.05) is 0 Å². The van der Waals surface area contributed by atoms with E-state index in [0.717, 1.165) is 0 Å². The summed E-state index contributed by atoms with van der Waals surface area (Å²) in [5.41, 5.74) is 0.0794. The number of carbonyl (C=O) groups is 1. The van der Waals surface area contributed by atoms with Gasteiger partial charge in [0.25, 0.3) is 0 Å². The summed E-state index contributed by atoms with van der Waals surface area (Å²) in [5, 5.41) is 13.0. The second-order valence-electron chi connectivity index (χ2n) is 3.46. The molecule has 1 aromatic rings. The Morgan fingerprint density at radius 1 is 1.62 bits per heavy atom. The molecule has 0 aliphatic carbocycles. The van der Waals surface area contributed by atoms with Crippen molar-refractivity contribution >= 4 is 27.9 Å². The van der Waals surface area contributed by atoms with Crippen LogP contribution >= 0.6 is 11.3 Å². The molecule has 1 aliphatic rings. The van der Waals surface area contributed by atoms with Crippen molar-refractivity contribution in [2.45, 2.75) is 6.92 Å². The average molecular weight is 241 g/mol. The standard InChI is InChI=1S/C9H11N3O3S/c1-2-10-6-11(5-8(10)13)9-7(12(14)15)3-4-16-9/h3-4H,2,5-6H2,1H3. The summed E-state index contributed by atoms with van der Waals surface area (Å²) in [4.78, 5) is 25.3. The second-order valence-corrected chi connectivity index (χ2v) is 4.35. The SMILES string of the molecule is CCN1CN(c2sccc2[N+](=O)[O-])CC1=O. The molecule has 1 aromatic heterocycles. The van der Waals surface area contributed by atoms with Crippen molar-refractivity contribution in [3.63, 3.8) is 0 Å². The fourth-order valence-corrected chi connectivity index (χ4v) is 2.54. The summed E-state index contributed by atoms with van der Waals surface area (Å²) in [6.45, 7) is 3.20. The van der Waals surface area contributed by atoms with Crippen molar-refractivity contribution in [3.05, 3.63) is 21.6 Å². The lowest BCUT2D eigenvalue weighted by Crippen LogP contribution is -2.26. The molecule has 0 aromatic carbocycles. The van der Waals surface area contributed by atoms with Crippen molar-refractivity contribution in [3.8, 4) is 0 Å². The summed E-state index contributed by atoms with van der Waals surface area (Å²) < 4.78 is 0. The van der Waals surface area contributed by atoms with Gasteiger partial charge in [0.15, 0.2) is 5.00 Å². The zero-order valence-electron chi connectivity index (χ0n) is 8.75. The third-order valence-corrected chi connectivity index (χ3v) is 3.47. The molecule has 1 aliphatic heterocycles. The van der Waals surface area contributed by atoms with Crippen LogP contribution in [0.25, 0.3) is 0 Å². The summed E-state index contributed by atoms with van der Waals surface area (Å²) in [6.07, 6.45) is 0. The normalized spacial score (nSPS) is 15.9. The molecule has 1 amide bonds. The Morgan fingerprint density at radius 2 is 2.38 bits per heavy atom. The lowest BCUT2D eigenvalue weighted by atomic mass is 10.4. The molecule has 2 heterocycles. The van der Waals surface area contributed by atoms with Crippen LogP contribution in [-0.2, 0) is 4.79 Å². The third kappa shape index (κ3) is 1.73. The highest BCUT2D eigenvalue weighted by atomic mass is 32.1. The zero-order valence-corrected chi connectivity index (χ0v) is 9.57. The minimum absolute atomic E-state index is 0.0187. The van der Waals surface area contributed by atoms with Crippen LogP contribution in [0.2, 0.25) is 0 Å². The molecule has 2 rings (SSSR count). The smallest absolute Gasteiger partial charge is 0.303 e. The van der Waals surface area contributed by atoms with Gasteiger partial charge < -0.3 is 9.80 Å². The molecule has 0 saturated carbocycles. The summed E-state index contributed by atoms with van der Waals surface area (Å²) in [7, 11) is 0. The molecule has 0 atom stereocenters. The molecule has 1 fully saturated rings. The van der Waals surface area contributed by atoms with E-state index in [-0.39, 0.29) is 18.1 Å². The van der Waals surface area contributed by atoms with E-state index in [2.05, 4.69) is 0 Å². The fourth-order valence-electron chi connectivity index (χ4n) is 1.68. The van der Waals surface area contributed by atoms with Gasteiger partial charge in [-0.05, 0) is 12.3 Å². The Balaban J connectivity index is 2.23. The summed E-state index contributed by atoms with van der Waals surface area (Å²) >= 11 is 1.30. The predicted octanol–water partition coefficient (Wildman–Crippen LogP) is 1.28. The first kappa shape index (κ1) is 10.9. The number of hydrogen-bond acceptors (Lipinski definition) is 5. The van der Waals surface area contributed by atoms with Crippen molar-refractivity contribution < 1.29 is 9.72 Å². The average Bonchev–Trinajstić information content (AvgIpc) is 2.82. The van der Waals surface area contributed by atoms with Crippen molar-refractivity contribution in [2.75, 3.05) is 24.7 Å². The first-order valence-electron chi connectivity index (χ1n) is 4.88. The van der Waals surface area contributed by atoms with E-state index in [9.17, 15) is 14.9 Å². The van der Waals surface area contributed by atoms with Gasteiger partial charge in [0.2, 0.25) is 5.91 Å². The van der Waals surface area contributed by atoms with Crippen LogP contribution in [0.5, 0.6) is 0 Å². The van der Waals surface area contributed by atoms with E-state index >= 15 is 0 Å². The second kappa shape index (κ2) is 4.09. The van der Waals surface area contributed by atoms with E-state index < -0.39 is 4.92 Å². The lowest BCUT2D eigenvalue weighted by molar-refractivity contribution is -0.383. The molecule has 0 bridgehead atoms. The highest BCUT2D eigenvalue weighted by Gasteiger charge is 2.31. The number of carbonyl (C=O) groups excluding carboxylic acids is 1. The Labute approximate surface area is 96.2 Å². The molecular formula is C9H11N3O3S. The van der Waals surface area contributed by atoms with Gasteiger partial charge in [-0.25, -0.2) is 0 Å². The number of rotatable bonds is 3.